The molecule has 19 heavy (non-hydrogen) atoms. The molecule has 1 aliphatic carbocycles. The maximum Gasteiger partial charge on any atom is 0.123 e. The van der Waals surface area contributed by atoms with Crippen molar-refractivity contribution >= 4 is 0 Å². The normalized spacial score (nSPS) is 26.6. The summed E-state index contributed by atoms with van der Waals surface area (Å²) in [6.07, 6.45) is 3.75. The van der Waals surface area contributed by atoms with Gasteiger partial charge in [0.25, 0.3) is 0 Å². The molecule has 0 amide bonds. The topological polar surface area (TPSA) is 41.5 Å². The van der Waals surface area contributed by atoms with Gasteiger partial charge in [0.15, 0.2) is 0 Å². The van der Waals surface area contributed by atoms with E-state index in [9.17, 15) is 9.50 Å². The average Bonchev–Trinajstić information content (AvgIpc) is 2.83. The fourth-order valence-electron chi connectivity index (χ4n) is 2.63. The van der Waals surface area contributed by atoms with E-state index in [1.165, 1.54) is 12.1 Å². The summed E-state index contributed by atoms with van der Waals surface area (Å²) in [6.45, 7) is 3.15. The van der Waals surface area contributed by atoms with E-state index in [0.29, 0.717) is 5.75 Å². The van der Waals surface area contributed by atoms with Crippen LogP contribution in [0.1, 0.15) is 32.6 Å². The zero-order valence-electron chi connectivity index (χ0n) is 11.4. The predicted molar refractivity (Wildman–Crippen MR) is 72.8 cm³/mol. The van der Waals surface area contributed by atoms with Gasteiger partial charge < -0.3 is 15.2 Å². The second kappa shape index (κ2) is 6.35. The van der Waals surface area contributed by atoms with Crippen LogP contribution in [0.3, 0.4) is 0 Å². The van der Waals surface area contributed by atoms with Crippen LogP contribution in [0.5, 0.6) is 5.75 Å². The van der Waals surface area contributed by atoms with Crippen molar-refractivity contribution in [3.05, 3.63) is 30.1 Å². The van der Waals surface area contributed by atoms with Crippen molar-refractivity contribution in [2.24, 2.45) is 0 Å². The molecule has 2 unspecified atom stereocenters. The van der Waals surface area contributed by atoms with Gasteiger partial charge in [-0.3, -0.25) is 0 Å². The number of hydrogen-bond acceptors (Lipinski definition) is 3. The first-order chi connectivity index (χ1) is 9.17. The maximum atomic E-state index is 12.8. The van der Waals surface area contributed by atoms with Gasteiger partial charge in [0.05, 0.1) is 6.61 Å². The summed E-state index contributed by atoms with van der Waals surface area (Å²) in [4.78, 5) is 0. The SMILES string of the molecule is CCCNC1(CO)CCC(Oc2ccc(F)cc2)C1. The molecule has 2 N–H and O–H groups in total. The third kappa shape index (κ3) is 3.67. The van der Waals surface area contributed by atoms with E-state index >= 15 is 0 Å². The van der Waals surface area contributed by atoms with Gasteiger partial charge >= 0.3 is 0 Å². The largest absolute Gasteiger partial charge is 0.490 e. The number of aliphatic hydroxyl groups is 1. The van der Waals surface area contributed by atoms with Crippen molar-refractivity contribution in [3.8, 4) is 5.75 Å². The van der Waals surface area contributed by atoms with Gasteiger partial charge in [-0.15, -0.1) is 0 Å². The highest BCUT2D eigenvalue weighted by molar-refractivity contribution is 5.22. The molecule has 3 nitrogen and oxygen atoms in total. The zero-order valence-corrected chi connectivity index (χ0v) is 11.4. The molecular formula is C15H22FNO2. The van der Waals surface area contributed by atoms with Gasteiger partial charge in [-0.25, -0.2) is 4.39 Å². The summed E-state index contributed by atoms with van der Waals surface area (Å²) in [7, 11) is 0. The molecule has 1 aliphatic rings. The lowest BCUT2D eigenvalue weighted by molar-refractivity contribution is 0.140. The Labute approximate surface area is 113 Å². The van der Waals surface area contributed by atoms with Crippen molar-refractivity contribution in [1.82, 2.24) is 5.32 Å². The van der Waals surface area contributed by atoms with Crippen molar-refractivity contribution in [2.45, 2.75) is 44.2 Å². The van der Waals surface area contributed by atoms with Crippen molar-refractivity contribution < 1.29 is 14.2 Å². The third-order valence-electron chi connectivity index (χ3n) is 3.73. The summed E-state index contributed by atoms with van der Waals surface area (Å²) in [5.74, 6) is 0.434. The standard InChI is InChI=1S/C15H22FNO2/c1-2-9-17-15(11-18)8-7-14(10-15)19-13-5-3-12(16)4-6-13/h3-6,14,17-18H,2,7-11H2,1H3. The number of ether oxygens (including phenoxy) is 1. The van der Waals surface area contributed by atoms with Gasteiger partial charge in [0, 0.05) is 12.0 Å². The van der Waals surface area contributed by atoms with E-state index in [1.54, 1.807) is 12.1 Å². The Kier molecular flexibility index (Phi) is 4.77. The number of rotatable bonds is 6. The second-order valence-corrected chi connectivity index (χ2v) is 5.30. The summed E-state index contributed by atoms with van der Waals surface area (Å²) in [5.41, 5.74) is -0.208. The lowest BCUT2D eigenvalue weighted by Crippen LogP contribution is -2.47. The van der Waals surface area contributed by atoms with E-state index in [2.05, 4.69) is 12.2 Å². The zero-order chi connectivity index (χ0) is 13.7. The minimum Gasteiger partial charge on any atom is -0.490 e. The predicted octanol–water partition coefficient (Wildman–Crippen LogP) is 2.49. The minimum absolute atomic E-state index is 0.0852. The molecule has 2 rings (SSSR count). The van der Waals surface area contributed by atoms with Gasteiger partial charge in [0.2, 0.25) is 0 Å². The van der Waals surface area contributed by atoms with Gasteiger partial charge in [0.1, 0.15) is 17.7 Å². The first-order valence-corrected chi connectivity index (χ1v) is 6.95. The number of halogens is 1. The van der Waals surface area contributed by atoms with Crippen LogP contribution in [0.2, 0.25) is 0 Å². The summed E-state index contributed by atoms with van der Waals surface area (Å²) >= 11 is 0. The number of nitrogens with one attached hydrogen (secondary N) is 1. The summed E-state index contributed by atoms with van der Waals surface area (Å²) in [5, 5.41) is 13.0. The molecule has 0 spiro atoms. The van der Waals surface area contributed by atoms with Crippen LogP contribution in [0.25, 0.3) is 0 Å². The molecule has 1 fully saturated rings. The molecule has 1 aromatic rings. The Morgan fingerprint density at radius 3 is 2.79 bits per heavy atom. The molecular weight excluding hydrogens is 245 g/mol. The third-order valence-corrected chi connectivity index (χ3v) is 3.73. The quantitative estimate of drug-likeness (QED) is 0.832. The van der Waals surface area contributed by atoms with E-state index < -0.39 is 0 Å². The Morgan fingerprint density at radius 2 is 2.16 bits per heavy atom. The lowest BCUT2D eigenvalue weighted by atomic mass is 9.98. The molecule has 106 valence electrons. The molecule has 1 aromatic carbocycles. The first-order valence-electron chi connectivity index (χ1n) is 6.95. The molecule has 4 heteroatoms. The Morgan fingerprint density at radius 1 is 1.42 bits per heavy atom. The van der Waals surface area contributed by atoms with Crippen LogP contribution in [0.15, 0.2) is 24.3 Å². The molecule has 0 radical (unpaired) electrons. The summed E-state index contributed by atoms with van der Waals surface area (Å²) in [6, 6.07) is 6.10. The highest BCUT2D eigenvalue weighted by Crippen LogP contribution is 2.32. The van der Waals surface area contributed by atoms with E-state index in [4.69, 9.17) is 4.74 Å². The molecule has 0 heterocycles. The van der Waals surface area contributed by atoms with Crippen LogP contribution in [-0.4, -0.2) is 29.9 Å². The second-order valence-electron chi connectivity index (χ2n) is 5.30. The highest BCUT2D eigenvalue weighted by atomic mass is 19.1. The molecule has 1 saturated carbocycles. The van der Waals surface area contributed by atoms with Crippen LogP contribution in [-0.2, 0) is 0 Å². The molecule has 2 atom stereocenters. The van der Waals surface area contributed by atoms with Crippen LogP contribution in [0.4, 0.5) is 4.39 Å². The Hall–Kier alpha value is -1.13. The van der Waals surface area contributed by atoms with E-state index in [1.807, 2.05) is 0 Å². The van der Waals surface area contributed by atoms with Crippen molar-refractivity contribution in [1.29, 1.82) is 0 Å². The van der Waals surface area contributed by atoms with Crippen LogP contribution in [0, 0.1) is 5.82 Å². The van der Waals surface area contributed by atoms with E-state index in [-0.39, 0.29) is 24.1 Å². The number of hydrogen-bond donors (Lipinski definition) is 2. The monoisotopic (exact) mass is 267 g/mol. The molecule has 0 aromatic heterocycles. The highest BCUT2D eigenvalue weighted by Gasteiger charge is 2.39. The van der Waals surface area contributed by atoms with Crippen molar-refractivity contribution in [2.75, 3.05) is 13.2 Å². The van der Waals surface area contributed by atoms with Crippen LogP contribution < -0.4 is 10.1 Å². The average molecular weight is 267 g/mol. The smallest absolute Gasteiger partial charge is 0.123 e. The Bertz CT molecular complexity index is 396. The summed E-state index contributed by atoms with van der Waals surface area (Å²) < 4.78 is 18.7. The molecule has 0 aliphatic heterocycles. The first kappa shape index (κ1) is 14.3. The Balaban J connectivity index is 1.91. The maximum absolute atomic E-state index is 12.8. The number of benzene rings is 1. The van der Waals surface area contributed by atoms with Gasteiger partial charge in [-0.1, -0.05) is 6.92 Å². The van der Waals surface area contributed by atoms with Gasteiger partial charge in [-0.2, -0.15) is 0 Å². The lowest BCUT2D eigenvalue weighted by Gasteiger charge is -2.28. The molecule has 0 bridgehead atoms. The van der Waals surface area contributed by atoms with Crippen molar-refractivity contribution in [3.63, 3.8) is 0 Å². The van der Waals surface area contributed by atoms with Crippen LogP contribution >= 0.6 is 0 Å². The van der Waals surface area contributed by atoms with Gasteiger partial charge in [-0.05, 0) is 50.1 Å². The molecule has 0 saturated heterocycles. The minimum atomic E-state index is -0.256. The fraction of sp³-hybridized carbons (Fsp3) is 0.600. The van der Waals surface area contributed by atoms with E-state index in [0.717, 1.165) is 32.2 Å². The number of aliphatic hydroxyl groups excluding tert-OH is 1. The fourth-order valence-corrected chi connectivity index (χ4v) is 2.63.